The number of amides is 1. The summed E-state index contributed by atoms with van der Waals surface area (Å²) in [5, 5.41) is 0.962. The third-order valence-corrected chi connectivity index (χ3v) is 4.10. The Morgan fingerprint density at radius 3 is 2.95 bits per heavy atom. The average molecular weight is 333 g/mol. The van der Waals surface area contributed by atoms with Gasteiger partial charge in [-0.15, -0.1) is 0 Å². The van der Waals surface area contributed by atoms with Gasteiger partial charge in [-0.05, 0) is 17.7 Å². The number of hydrogen-bond donors (Lipinski definition) is 1. The lowest BCUT2D eigenvalue weighted by Crippen LogP contribution is -2.50. The van der Waals surface area contributed by atoms with E-state index in [1.54, 1.807) is 17.0 Å². The number of rotatable bonds is 4. The van der Waals surface area contributed by atoms with Crippen molar-refractivity contribution in [3.8, 4) is 0 Å². The van der Waals surface area contributed by atoms with E-state index >= 15 is 0 Å². The summed E-state index contributed by atoms with van der Waals surface area (Å²) in [6.45, 7) is 1.62. The summed E-state index contributed by atoms with van der Waals surface area (Å²) in [5.41, 5.74) is 6.68. The van der Waals surface area contributed by atoms with Crippen molar-refractivity contribution in [3.05, 3.63) is 33.8 Å². The van der Waals surface area contributed by atoms with Gasteiger partial charge in [-0.2, -0.15) is 0 Å². The Balaban J connectivity index is 2.06. The molecule has 5 nitrogen and oxygen atoms in total. The number of halogens is 2. The Morgan fingerprint density at radius 2 is 2.29 bits per heavy atom. The summed E-state index contributed by atoms with van der Waals surface area (Å²) >= 11 is 11.9. The molecule has 2 N–H and O–H groups in total. The van der Waals surface area contributed by atoms with Crippen molar-refractivity contribution < 1.29 is 14.3 Å². The molecule has 0 aromatic heterocycles. The van der Waals surface area contributed by atoms with Gasteiger partial charge < -0.3 is 20.1 Å². The molecule has 2 atom stereocenters. The molecular formula is C14H18Cl2N2O3. The fourth-order valence-electron chi connectivity index (χ4n) is 2.25. The number of hydrogen-bond acceptors (Lipinski definition) is 4. The van der Waals surface area contributed by atoms with Crippen molar-refractivity contribution >= 4 is 29.1 Å². The van der Waals surface area contributed by atoms with Crippen molar-refractivity contribution in [2.45, 2.75) is 12.1 Å². The lowest BCUT2D eigenvalue weighted by atomic mass is 10.1. The Morgan fingerprint density at radius 1 is 1.52 bits per heavy atom. The molecule has 0 spiro atoms. The molecule has 116 valence electrons. The molecule has 1 heterocycles. The van der Waals surface area contributed by atoms with Gasteiger partial charge in [-0.25, -0.2) is 0 Å². The van der Waals surface area contributed by atoms with Crippen LogP contribution in [0.15, 0.2) is 18.2 Å². The van der Waals surface area contributed by atoms with E-state index < -0.39 is 6.04 Å². The highest BCUT2D eigenvalue weighted by molar-refractivity contribution is 6.42. The van der Waals surface area contributed by atoms with Crippen LogP contribution in [0.25, 0.3) is 0 Å². The molecule has 1 aromatic rings. The first-order chi connectivity index (χ1) is 10.0. The molecule has 0 saturated carbocycles. The molecule has 0 aliphatic carbocycles. The second-order valence-corrected chi connectivity index (χ2v) is 5.69. The van der Waals surface area contributed by atoms with Gasteiger partial charge in [0.1, 0.15) is 12.1 Å². The Kier molecular flexibility index (Phi) is 5.84. The number of benzene rings is 1. The van der Waals surface area contributed by atoms with Crippen LogP contribution in [0.2, 0.25) is 10.0 Å². The van der Waals surface area contributed by atoms with Crippen LogP contribution in [0.4, 0.5) is 0 Å². The first-order valence-electron chi connectivity index (χ1n) is 6.62. The Labute approximate surface area is 133 Å². The van der Waals surface area contributed by atoms with Gasteiger partial charge in [0.05, 0.1) is 29.8 Å². The quantitative estimate of drug-likeness (QED) is 0.914. The van der Waals surface area contributed by atoms with Crippen LogP contribution in [0.5, 0.6) is 0 Å². The predicted molar refractivity (Wildman–Crippen MR) is 81.6 cm³/mol. The largest absolute Gasteiger partial charge is 0.383 e. The van der Waals surface area contributed by atoms with Gasteiger partial charge in [0.15, 0.2) is 0 Å². The lowest BCUT2D eigenvalue weighted by Gasteiger charge is -2.34. The maximum Gasteiger partial charge on any atom is 0.242 e. The molecule has 2 unspecified atom stereocenters. The average Bonchev–Trinajstić information content (AvgIpc) is 2.49. The number of nitrogens with zero attached hydrogens (tertiary/aromatic N) is 1. The fraction of sp³-hybridized carbons (Fsp3) is 0.500. The summed E-state index contributed by atoms with van der Waals surface area (Å²) in [5.74, 6) is -0.134. The normalized spacial score (nSPS) is 20.4. The van der Waals surface area contributed by atoms with E-state index in [0.717, 1.165) is 5.56 Å². The van der Waals surface area contributed by atoms with Crippen molar-refractivity contribution in [2.75, 3.05) is 33.4 Å². The molecule has 0 bridgehead atoms. The van der Waals surface area contributed by atoms with Crippen LogP contribution in [-0.4, -0.2) is 50.3 Å². The first kappa shape index (κ1) is 16.5. The van der Waals surface area contributed by atoms with E-state index in [1.807, 2.05) is 6.07 Å². The number of nitrogens with two attached hydrogens (primary N) is 1. The van der Waals surface area contributed by atoms with Crippen molar-refractivity contribution in [1.82, 2.24) is 4.90 Å². The van der Waals surface area contributed by atoms with Crippen LogP contribution in [0.1, 0.15) is 11.7 Å². The molecule has 1 aliphatic rings. The summed E-state index contributed by atoms with van der Waals surface area (Å²) in [4.78, 5) is 13.9. The van der Waals surface area contributed by atoms with Crippen molar-refractivity contribution in [1.29, 1.82) is 0 Å². The minimum Gasteiger partial charge on any atom is -0.383 e. The van der Waals surface area contributed by atoms with Gasteiger partial charge >= 0.3 is 0 Å². The summed E-state index contributed by atoms with van der Waals surface area (Å²) < 4.78 is 10.6. The van der Waals surface area contributed by atoms with Gasteiger partial charge in [-0.3, -0.25) is 4.79 Å². The van der Waals surface area contributed by atoms with Gasteiger partial charge in [0.25, 0.3) is 0 Å². The minimum atomic E-state index is -0.650. The number of methoxy groups -OCH3 is 1. The highest BCUT2D eigenvalue weighted by Gasteiger charge is 2.28. The molecular weight excluding hydrogens is 315 g/mol. The molecule has 1 amide bonds. The van der Waals surface area contributed by atoms with Crippen LogP contribution in [0.3, 0.4) is 0 Å². The number of ether oxygens (including phenoxy) is 2. The highest BCUT2D eigenvalue weighted by Crippen LogP contribution is 2.29. The maximum absolute atomic E-state index is 12.2. The standard InChI is InChI=1S/C14H18Cl2N2O3/c1-20-8-12(17)14(19)18-4-5-21-13(7-18)9-2-3-10(15)11(16)6-9/h2-3,6,12-13H,4-5,7-8,17H2,1H3. The van der Waals surface area contributed by atoms with Gasteiger partial charge in [-0.1, -0.05) is 29.3 Å². The van der Waals surface area contributed by atoms with E-state index in [-0.39, 0.29) is 18.6 Å². The fourth-order valence-corrected chi connectivity index (χ4v) is 2.56. The molecule has 1 aliphatic heterocycles. The second-order valence-electron chi connectivity index (χ2n) is 4.88. The summed E-state index contributed by atoms with van der Waals surface area (Å²) in [6.07, 6.45) is -0.229. The third-order valence-electron chi connectivity index (χ3n) is 3.36. The zero-order valence-electron chi connectivity index (χ0n) is 11.7. The van der Waals surface area contributed by atoms with Crippen molar-refractivity contribution in [3.63, 3.8) is 0 Å². The first-order valence-corrected chi connectivity index (χ1v) is 7.38. The van der Waals surface area contributed by atoms with Gasteiger partial charge in [0, 0.05) is 13.7 Å². The maximum atomic E-state index is 12.2. The molecule has 1 aromatic carbocycles. The zero-order chi connectivity index (χ0) is 15.4. The monoisotopic (exact) mass is 332 g/mol. The molecule has 1 saturated heterocycles. The molecule has 2 rings (SSSR count). The van der Waals surface area contributed by atoms with Crippen LogP contribution < -0.4 is 5.73 Å². The SMILES string of the molecule is COCC(N)C(=O)N1CCOC(c2ccc(Cl)c(Cl)c2)C1. The minimum absolute atomic E-state index is 0.134. The molecule has 21 heavy (non-hydrogen) atoms. The summed E-state index contributed by atoms with van der Waals surface area (Å²) in [6, 6.07) is 4.68. The van der Waals surface area contributed by atoms with Crippen LogP contribution >= 0.6 is 23.2 Å². The number of morpholine rings is 1. The van der Waals surface area contributed by atoms with Crippen LogP contribution in [-0.2, 0) is 14.3 Å². The second kappa shape index (κ2) is 7.42. The van der Waals surface area contributed by atoms with Gasteiger partial charge in [0.2, 0.25) is 5.91 Å². The van der Waals surface area contributed by atoms with E-state index in [2.05, 4.69) is 0 Å². The van der Waals surface area contributed by atoms with E-state index in [1.165, 1.54) is 7.11 Å². The highest BCUT2D eigenvalue weighted by atomic mass is 35.5. The number of carbonyl (C=O) groups is 1. The van der Waals surface area contributed by atoms with Crippen LogP contribution in [0, 0.1) is 0 Å². The van der Waals surface area contributed by atoms with E-state index in [9.17, 15) is 4.79 Å². The zero-order valence-corrected chi connectivity index (χ0v) is 13.2. The van der Waals surface area contributed by atoms with Crippen molar-refractivity contribution in [2.24, 2.45) is 5.73 Å². The Hall–Kier alpha value is -0.850. The van der Waals surface area contributed by atoms with E-state index in [0.29, 0.717) is 29.7 Å². The number of carbonyl (C=O) groups excluding carboxylic acids is 1. The molecule has 1 fully saturated rings. The third kappa shape index (κ3) is 4.08. The topological polar surface area (TPSA) is 64.8 Å². The lowest BCUT2D eigenvalue weighted by molar-refractivity contribution is -0.141. The van der Waals surface area contributed by atoms with E-state index in [4.69, 9.17) is 38.4 Å². The predicted octanol–water partition coefficient (Wildman–Crippen LogP) is 1.87. The molecule has 0 radical (unpaired) electrons. The smallest absolute Gasteiger partial charge is 0.242 e. The summed E-state index contributed by atoms with van der Waals surface area (Å²) in [7, 11) is 1.52. The molecule has 7 heteroatoms. The Bertz CT molecular complexity index is 513.